The molecule has 0 amide bonds. The zero-order chi connectivity index (χ0) is 18.2. The van der Waals surface area contributed by atoms with Gasteiger partial charge >= 0.3 is 11.9 Å². The molecule has 6 nitrogen and oxygen atoms in total. The van der Waals surface area contributed by atoms with Crippen molar-refractivity contribution in [3.05, 3.63) is 35.9 Å². The molecule has 0 saturated heterocycles. The lowest BCUT2D eigenvalue weighted by Crippen LogP contribution is -2.38. The first kappa shape index (κ1) is 20.1. The predicted molar refractivity (Wildman–Crippen MR) is 91.9 cm³/mol. The Bertz CT molecular complexity index is 526. The normalized spacial score (nSPS) is 13.9. The maximum atomic E-state index is 11.8. The lowest BCUT2D eigenvalue weighted by Gasteiger charge is -2.22. The number of hydrogen-bond acceptors (Lipinski definition) is 6. The number of esters is 2. The molecule has 134 valence electrons. The molecule has 1 aromatic carbocycles. The second-order valence-corrected chi connectivity index (χ2v) is 6.77. The molecule has 0 heterocycles. The number of nitrogens with two attached hydrogens (primary N) is 2. The van der Waals surface area contributed by atoms with E-state index >= 15 is 0 Å². The fraction of sp³-hybridized carbons (Fsp3) is 0.556. The number of ether oxygens (including phenoxy) is 2. The highest BCUT2D eigenvalue weighted by molar-refractivity contribution is 5.76. The fourth-order valence-electron chi connectivity index (χ4n) is 2.01. The van der Waals surface area contributed by atoms with E-state index in [0.29, 0.717) is 19.3 Å². The molecule has 6 heteroatoms. The Labute approximate surface area is 143 Å². The third-order valence-electron chi connectivity index (χ3n) is 3.27. The van der Waals surface area contributed by atoms with Gasteiger partial charge in [0, 0.05) is 0 Å². The first-order chi connectivity index (χ1) is 11.2. The molecule has 1 unspecified atom stereocenters. The van der Waals surface area contributed by atoms with Crippen molar-refractivity contribution in [1.29, 1.82) is 0 Å². The molecular weight excluding hydrogens is 308 g/mol. The summed E-state index contributed by atoms with van der Waals surface area (Å²) in [5.41, 5.74) is 11.9. The van der Waals surface area contributed by atoms with Gasteiger partial charge in [-0.3, -0.25) is 9.59 Å². The fourth-order valence-corrected chi connectivity index (χ4v) is 2.01. The van der Waals surface area contributed by atoms with Crippen LogP contribution in [0, 0.1) is 0 Å². The Morgan fingerprint density at radius 3 is 2.08 bits per heavy atom. The van der Waals surface area contributed by atoms with Gasteiger partial charge in [-0.1, -0.05) is 30.3 Å². The van der Waals surface area contributed by atoms with Crippen LogP contribution in [0.5, 0.6) is 0 Å². The monoisotopic (exact) mass is 336 g/mol. The van der Waals surface area contributed by atoms with E-state index in [9.17, 15) is 9.59 Å². The predicted octanol–water partition coefficient (Wildman–Crippen LogP) is 1.90. The average molecular weight is 336 g/mol. The Morgan fingerprint density at radius 2 is 1.54 bits per heavy atom. The quantitative estimate of drug-likeness (QED) is 0.703. The van der Waals surface area contributed by atoms with Crippen LogP contribution in [0.3, 0.4) is 0 Å². The summed E-state index contributed by atoms with van der Waals surface area (Å²) in [4.78, 5) is 23.6. The highest BCUT2D eigenvalue weighted by Gasteiger charge is 2.22. The second-order valence-electron chi connectivity index (χ2n) is 6.77. The molecule has 0 aromatic heterocycles. The maximum Gasteiger partial charge on any atom is 0.323 e. The van der Waals surface area contributed by atoms with Gasteiger partial charge in [-0.15, -0.1) is 0 Å². The van der Waals surface area contributed by atoms with Crippen LogP contribution >= 0.6 is 0 Å². The van der Waals surface area contributed by atoms with Crippen LogP contribution in [0.25, 0.3) is 0 Å². The lowest BCUT2D eigenvalue weighted by molar-refractivity contribution is -0.156. The van der Waals surface area contributed by atoms with Crippen LogP contribution in [0.2, 0.25) is 0 Å². The Morgan fingerprint density at radius 1 is 1.00 bits per heavy atom. The van der Waals surface area contributed by atoms with Gasteiger partial charge in [-0.2, -0.15) is 0 Å². The summed E-state index contributed by atoms with van der Waals surface area (Å²) in [5.74, 6) is -0.896. The summed E-state index contributed by atoms with van der Waals surface area (Å²) < 4.78 is 10.4. The van der Waals surface area contributed by atoms with Crippen molar-refractivity contribution in [2.24, 2.45) is 11.5 Å². The van der Waals surface area contributed by atoms with Gasteiger partial charge in [0.1, 0.15) is 24.3 Å². The number of carbonyl (C=O) groups excluding carboxylic acids is 2. The molecule has 1 aromatic rings. The van der Waals surface area contributed by atoms with E-state index in [2.05, 4.69) is 0 Å². The van der Waals surface area contributed by atoms with E-state index in [1.807, 2.05) is 30.3 Å². The highest BCUT2D eigenvalue weighted by atomic mass is 16.6. The van der Waals surface area contributed by atoms with E-state index in [0.717, 1.165) is 5.56 Å². The summed E-state index contributed by atoms with van der Waals surface area (Å²) in [6.07, 6.45) is 1.36. The summed E-state index contributed by atoms with van der Waals surface area (Å²) >= 11 is 0. The number of carbonyl (C=O) groups is 2. The molecule has 1 rings (SSSR count). The van der Waals surface area contributed by atoms with E-state index in [-0.39, 0.29) is 6.61 Å². The zero-order valence-corrected chi connectivity index (χ0v) is 14.7. The molecule has 0 radical (unpaired) electrons. The van der Waals surface area contributed by atoms with Crippen molar-refractivity contribution < 1.29 is 19.1 Å². The molecule has 0 aliphatic rings. The number of rotatable bonds is 8. The number of benzene rings is 1. The van der Waals surface area contributed by atoms with Crippen molar-refractivity contribution in [3.8, 4) is 0 Å². The van der Waals surface area contributed by atoms with Crippen molar-refractivity contribution in [1.82, 2.24) is 0 Å². The molecule has 0 spiro atoms. The van der Waals surface area contributed by atoms with E-state index in [4.69, 9.17) is 20.9 Å². The Balaban J connectivity index is 2.26. The molecular formula is C18H28N2O4. The molecule has 0 aliphatic carbocycles. The Hall–Kier alpha value is -1.92. The third kappa shape index (κ3) is 8.08. The highest BCUT2D eigenvalue weighted by Crippen LogP contribution is 2.11. The summed E-state index contributed by atoms with van der Waals surface area (Å²) in [6, 6.07) is 7.96. The molecule has 0 aliphatic heterocycles. The van der Waals surface area contributed by atoms with Gasteiger partial charge in [0.15, 0.2) is 0 Å². The first-order valence-electron chi connectivity index (χ1n) is 8.13. The minimum atomic E-state index is -0.723. The number of hydrogen-bond donors (Lipinski definition) is 2. The standard InChI is InChI=1S/C18H28N2O4/c1-18(2,3)24-17(22)15(20)11-7-10-14(19)16(21)23-12-13-8-5-4-6-9-13/h4-6,8-9,14-15H,7,10-12,19-20H2,1-3H3/t14?,15-/m0/s1. The van der Waals surface area contributed by atoms with E-state index < -0.39 is 29.6 Å². The minimum Gasteiger partial charge on any atom is -0.460 e. The lowest BCUT2D eigenvalue weighted by atomic mass is 10.1. The summed E-state index contributed by atoms with van der Waals surface area (Å²) in [6.45, 7) is 5.56. The van der Waals surface area contributed by atoms with Crippen LogP contribution in [0.4, 0.5) is 0 Å². The van der Waals surface area contributed by atoms with Crippen molar-refractivity contribution in [2.75, 3.05) is 0 Å². The van der Waals surface area contributed by atoms with Crippen molar-refractivity contribution in [3.63, 3.8) is 0 Å². The van der Waals surface area contributed by atoms with Gasteiger partial charge in [0.05, 0.1) is 0 Å². The zero-order valence-electron chi connectivity index (χ0n) is 14.7. The van der Waals surface area contributed by atoms with Crippen LogP contribution < -0.4 is 11.5 Å². The van der Waals surface area contributed by atoms with Crippen LogP contribution in [-0.2, 0) is 25.7 Å². The van der Waals surface area contributed by atoms with Crippen LogP contribution in [0.1, 0.15) is 45.6 Å². The first-order valence-corrected chi connectivity index (χ1v) is 8.13. The molecule has 24 heavy (non-hydrogen) atoms. The molecule has 0 bridgehead atoms. The van der Waals surface area contributed by atoms with Gasteiger partial charge < -0.3 is 20.9 Å². The Kier molecular flexibility index (Phi) is 7.88. The van der Waals surface area contributed by atoms with Crippen molar-refractivity contribution >= 4 is 11.9 Å². The minimum absolute atomic E-state index is 0.199. The molecule has 2 atom stereocenters. The van der Waals surface area contributed by atoms with Crippen molar-refractivity contribution in [2.45, 2.75) is 64.3 Å². The average Bonchev–Trinajstić information content (AvgIpc) is 2.51. The van der Waals surface area contributed by atoms with E-state index in [1.54, 1.807) is 20.8 Å². The van der Waals surface area contributed by atoms with Gasteiger partial charge in [0.2, 0.25) is 0 Å². The maximum absolute atomic E-state index is 11.8. The SMILES string of the molecule is CC(C)(C)OC(=O)[C@@H](N)CCCC(N)C(=O)OCc1ccccc1. The van der Waals surface area contributed by atoms with Gasteiger partial charge in [0.25, 0.3) is 0 Å². The smallest absolute Gasteiger partial charge is 0.323 e. The topological polar surface area (TPSA) is 105 Å². The van der Waals surface area contributed by atoms with Crippen LogP contribution in [-0.4, -0.2) is 29.6 Å². The summed E-state index contributed by atoms with van der Waals surface area (Å²) in [7, 11) is 0. The molecule has 0 saturated carbocycles. The van der Waals surface area contributed by atoms with Gasteiger partial charge in [-0.25, -0.2) is 0 Å². The second kappa shape index (κ2) is 9.39. The summed E-state index contributed by atoms with van der Waals surface area (Å²) in [5, 5.41) is 0. The third-order valence-corrected chi connectivity index (χ3v) is 3.27. The molecule has 0 fully saturated rings. The molecule has 4 N–H and O–H groups in total. The largest absolute Gasteiger partial charge is 0.460 e. The van der Waals surface area contributed by atoms with Gasteiger partial charge in [-0.05, 0) is 45.6 Å². The van der Waals surface area contributed by atoms with E-state index in [1.165, 1.54) is 0 Å². The van der Waals surface area contributed by atoms with Crippen LogP contribution in [0.15, 0.2) is 30.3 Å².